The number of hydrogen-bond acceptors (Lipinski definition) is 6. The van der Waals surface area contributed by atoms with Gasteiger partial charge in [0.25, 0.3) is 0 Å². The number of nitrogens with one attached hydrogen (secondary N) is 2. The van der Waals surface area contributed by atoms with Gasteiger partial charge >= 0.3 is 6.09 Å². The van der Waals surface area contributed by atoms with Crippen LogP contribution in [0, 0.1) is 0 Å². The van der Waals surface area contributed by atoms with E-state index in [0.29, 0.717) is 19.4 Å². The summed E-state index contributed by atoms with van der Waals surface area (Å²) in [5.41, 5.74) is 10.8. The molecule has 2 fully saturated rings. The first kappa shape index (κ1) is 34.3. The van der Waals surface area contributed by atoms with E-state index in [1.165, 1.54) is 43.4 Å². The van der Waals surface area contributed by atoms with Crippen molar-refractivity contribution in [2.24, 2.45) is 16.5 Å². The summed E-state index contributed by atoms with van der Waals surface area (Å²) >= 11 is 0. The molecule has 0 spiro atoms. The highest BCUT2D eigenvalue weighted by molar-refractivity contribution is 5.92. The van der Waals surface area contributed by atoms with Crippen LogP contribution in [0.15, 0.2) is 35.3 Å². The molecule has 0 aromatic heterocycles. The summed E-state index contributed by atoms with van der Waals surface area (Å²) in [6.07, 6.45) is 10.3. The molecule has 0 bridgehead atoms. The lowest BCUT2D eigenvalue weighted by Gasteiger charge is -2.23. The molecule has 1 aliphatic heterocycles. The van der Waals surface area contributed by atoms with E-state index < -0.39 is 43.0 Å². The van der Waals surface area contributed by atoms with E-state index >= 15 is 0 Å². The lowest BCUT2D eigenvalue weighted by atomic mass is 10.0. The molecule has 1 aliphatic carbocycles. The maximum Gasteiger partial charge on any atom is 0.407 e. The van der Waals surface area contributed by atoms with Gasteiger partial charge in [0, 0.05) is 13.1 Å². The van der Waals surface area contributed by atoms with Crippen LogP contribution in [-0.2, 0) is 25.7 Å². The molecule has 40 heavy (non-hydrogen) atoms. The van der Waals surface area contributed by atoms with Gasteiger partial charge < -0.3 is 31.7 Å². The molecule has 224 valence electrons. The quantitative estimate of drug-likeness (QED) is 0.250. The average Bonchev–Trinajstić information content (AvgIpc) is 3.49. The third-order valence-electron chi connectivity index (χ3n) is 6.10. The monoisotopic (exact) mass is 564 g/mol. The first-order chi connectivity index (χ1) is 19.3. The van der Waals surface area contributed by atoms with Gasteiger partial charge in [-0.2, -0.15) is 0 Å². The summed E-state index contributed by atoms with van der Waals surface area (Å²) in [5, 5.41) is 4.69. The molecular formula is C28H45FN6O5. The van der Waals surface area contributed by atoms with E-state index in [9.17, 15) is 23.6 Å². The molecule has 0 radical (unpaired) electrons. The highest BCUT2D eigenvalue weighted by Gasteiger charge is 2.34. The zero-order valence-electron chi connectivity index (χ0n) is 23.5. The van der Waals surface area contributed by atoms with E-state index in [-0.39, 0.29) is 19.1 Å². The number of carbonyl (C=O) groups excluding carboxylic acids is 4. The van der Waals surface area contributed by atoms with Crippen molar-refractivity contribution in [3.8, 4) is 0 Å². The van der Waals surface area contributed by atoms with Crippen molar-refractivity contribution < 1.29 is 28.3 Å². The fourth-order valence-electron chi connectivity index (χ4n) is 4.01. The molecule has 6 N–H and O–H groups in total. The number of benzene rings is 1. The fraction of sp³-hybridized carbons (Fsp3) is 0.607. The number of nitrogens with zero attached hydrogens (tertiary/aromatic N) is 2. The van der Waals surface area contributed by atoms with Gasteiger partial charge in [-0.15, -0.1) is 0 Å². The van der Waals surface area contributed by atoms with E-state index in [4.69, 9.17) is 16.2 Å². The van der Waals surface area contributed by atoms with E-state index in [0.717, 1.165) is 18.5 Å². The Labute approximate surface area is 236 Å². The minimum absolute atomic E-state index is 0.0816. The highest BCUT2D eigenvalue weighted by Crippen LogP contribution is 2.17. The van der Waals surface area contributed by atoms with Crippen LogP contribution in [0.2, 0.25) is 0 Å². The topological polar surface area (TPSA) is 169 Å². The molecule has 1 heterocycles. The zero-order valence-corrected chi connectivity index (χ0v) is 23.5. The number of hydrogen-bond donors (Lipinski definition) is 4. The van der Waals surface area contributed by atoms with Gasteiger partial charge in [-0.3, -0.25) is 19.4 Å². The fourth-order valence-corrected chi connectivity index (χ4v) is 4.01. The Kier molecular flexibility index (Phi) is 18.2. The van der Waals surface area contributed by atoms with Crippen LogP contribution in [-0.4, -0.2) is 73.4 Å². The molecule has 3 amide bonds. The summed E-state index contributed by atoms with van der Waals surface area (Å²) < 4.78 is 17.2. The number of aliphatic imine (C=N–C) groups is 1. The smallest absolute Gasteiger partial charge is 0.407 e. The maximum atomic E-state index is 12.3. The van der Waals surface area contributed by atoms with Crippen molar-refractivity contribution in [1.29, 1.82) is 0 Å². The second kappa shape index (κ2) is 21.2. The lowest BCUT2D eigenvalue weighted by molar-refractivity contribution is -0.138. The van der Waals surface area contributed by atoms with Crippen LogP contribution in [0.1, 0.15) is 70.3 Å². The second-order valence-electron chi connectivity index (χ2n) is 9.48. The van der Waals surface area contributed by atoms with Crippen LogP contribution in [0.4, 0.5) is 9.18 Å². The summed E-state index contributed by atoms with van der Waals surface area (Å²) in [4.78, 5) is 52.1. The summed E-state index contributed by atoms with van der Waals surface area (Å²) in [7, 11) is 0. The number of guanidine groups is 1. The van der Waals surface area contributed by atoms with Gasteiger partial charge in [0.1, 0.15) is 25.9 Å². The Bertz CT molecular complexity index is 912. The number of rotatable bonds is 10. The molecule has 1 unspecified atom stereocenters. The Morgan fingerprint density at radius 3 is 2.12 bits per heavy atom. The largest absolute Gasteiger partial charge is 0.445 e. The highest BCUT2D eigenvalue weighted by atomic mass is 19.1. The standard InChI is InChI=1S/C18H22FN3O5.C6H12.C4H11N3/c19-9-14(23)10-20-17(25)15-7-4-8-22(15)16(24)11-21-18(26)27-12-13-5-2-1-3-6-13;1-2-4-6-5-3-1;1-2-3-7-4(5)6/h1-3,5-6,15H,4,7-12H2,(H,20,25)(H,21,26);1-6H2;2-3H2,1H3,(H4,5,6,7). The Morgan fingerprint density at radius 1 is 0.975 bits per heavy atom. The third-order valence-corrected chi connectivity index (χ3v) is 6.10. The van der Waals surface area contributed by atoms with Crippen molar-refractivity contribution in [2.75, 3.05) is 32.9 Å². The van der Waals surface area contributed by atoms with Gasteiger partial charge in [0.15, 0.2) is 11.7 Å². The van der Waals surface area contributed by atoms with Crippen molar-refractivity contribution in [3.63, 3.8) is 0 Å². The predicted octanol–water partition coefficient (Wildman–Crippen LogP) is 2.57. The first-order valence-electron chi connectivity index (χ1n) is 13.9. The van der Waals surface area contributed by atoms with Gasteiger partial charge in [0.05, 0.1) is 6.54 Å². The molecule has 3 rings (SSSR count). The molecule has 11 nitrogen and oxygen atoms in total. The van der Waals surface area contributed by atoms with Crippen LogP contribution in [0.5, 0.6) is 0 Å². The second-order valence-corrected chi connectivity index (χ2v) is 9.48. The number of carbonyl (C=O) groups is 4. The Balaban J connectivity index is 0.000000502. The number of alkyl halides is 1. The number of nitrogens with two attached hydrogens (primary N) is 2. The number of amides is 3. The van der Waals surface area contributed by atoms with Crippen LogP contribution < -0.4 is 22.1 Å². The van der Waals surface area contributed by atoms with E-state index in [2.05, 4.69) is 15.6 Å². The van der Waals surface area contributed by atoms with Gasteiger partial charge in [0.2, 0.25) is 11.8 Å². The molecule has 1 aromatic carbocycles. The molecule has 1 atom stereocenters. The van der Waals surface area contributed by atoms with Gasteiger partial charge in [-0.25, -0.2) is 9.18 Å². The molecule has 2 aliphatic rings. The number of Topliss-reactive ketones (excluding diaryl/α,β-unsaturated/α-hetero) is 1. The zero-order chi connectivity index (χ0) is 29.6. The molecule has 12 heteroatoms. The average molecular weight is 565 g/mol. The molecule has 1 aromatic rings. The van der Waals surface area contributed by atoms with E-state index in [1.54, 1.807) is 12.1 Å². The number of ketones is 1. The van der Waals surface area contributed by atoms with Gasteiger partial charge in [-0.05, 0) is 24.8 Å². The minimum Gasteiger partial charge on any atom is -0.445 e. The number of halogens is 1. The number of likely N-dealkylation sites (tertiary alicyclic amines) is 1. The number of alkyl carbamates (subject to hydrolysis) is 1. The SMILES string of the molecule is C1CCCCC1.CCCN=C(N)N.O=C(CF)CNC(=O)C1CCCN1C(=O)CNC(=O)OCc1ccccc1. The van der Waals surface area contributed by atoms with Crippen LogP contribution in [0.25, 0.3) is 0 Å². The van der Waals surface area contributed by atoms with E-state index in [1.807, 2.05) is 25.1 Å². The van der Waals surface area contributed by atoms with Crippen LogP contribution in [0.3, 0.4) is 0 Å². The Hall–Kier alpha value is -3.70. The van der Waals surface area contributed by atoms with Crippen molar-refractivity contribution in [3.05, 3.63) is 35.9 Å². The van der Waals surface area contributed by atoms with Crippen LogP contribution >= 0.6 is 0 Å². The maximum absolute atomic E-state index is 12.3. The minimum atomic E-state index is -1.15. The van der Waals surface area contributed by atoms with Crippen molar-refractivity contribution in [1.82, 2.24) is 15.5 Å². The normalized spacial score (nSPS) is 15.8. The lowest BCUT2D eigenvalue weighted by Crippen LogP contribution is -2.49. The van der Waals surface area contributed by atoms with Gasteiger partial charge in [-0.1, -0.05) is 75.8 Å². The first-order valence-corrected chi connectivity index (χ1v) is 13.9. The van der Waals surface area contributed by atoms with Crippen molar-refractivity contribution >= 4 is 29.7 Å². The molecule has 1 saturated heterocycles. The summed E-state index contributed by atoms with van der Waals surface area (Å²) in [5.74, 6) is -1.49. The summed E-state index contributed by atoms with van der Waals surface area (Å²) in [6, 6.07) is 8.36. The predicted molar refractivity (Wildman–Crippen MR) is 152 cm³/mol. The Morgan fingerprint density at radius 2 is 1.60 bits per heavy atom. The molecular weight excluding hydrogens is 519 g/mol. The third kappa shape index (κ3) is 15.6. The molecule has 1 saturated carbocycles. The number of ether oxygens (including phenoxy) is 1. The van der Waals surface area contributed by atoms with Crippen molar-refractivity contribution in [2.45, 2.75) is 77.4 Å². The summed E-state index contributed by atoms with van der Waals surface area (Å²) in [6.45, 7) is 1.35.